The van der Waals surface area contributed by atoms with Gasteiger partial charge >= 0.3 is 6.18 Å². The van der Waals surface area contributed by atoms with E-state index in [-0.39, 0.29) is 17.0 Å². The second-order valence-electron chi connectivity index (χ2n) is 7.47. The molecule has 1 unspecified atom stereocenters. The Morgan fingerprint density at radius 3 is 2.00 bits per heavy atom. The number of alkyl halides is 3. The number of aryl methyl sites for hydroxylation is 1. The number of hydrogen-bond acceptors (Lipinski definition) is 3. The lowest BCUT2D eigenvalue weighted by Crippen LogP contribution is -2.40. The molecule has 9 heteroatoms. The van der Waals surface area contributed by atoms with Crippen LogP contribution >= 0.6 is 0 Å². The van der Waals surface area contributed by atoms with Crippen LogP contribution < -0.4 is 5.14 Å². The number of benzene rings is 2. The van der Waals surface area contributed by atoms with E-state index in [0.717, 1.165) is 24.3 Å². The van der Waals surface area contributed by atoms with E-state index in [1.54, 1.807) is 43.3 Å². The molecule has 2 aromatic carbocycles. The van der Waals surface area contributed by atoms with Crippen molar-refractivity contribution in [3.05, 3.63) is 94.3 Å². The summed E-state index contributed by atoms with van der Waals surface area (Å²) in [4.78, 5) is 13.1. The summed E-state index contributed by atoms with van der Waals surface area (Å²) in [5.41, 5.74) is 0.537. The third-order valence-corrected chi connectivity index (χ3v) is 7.08. The van der Waals surface area contributed by atoms with Crippen molar-refractivity contribution >= 4 is 15.8 Å². The molecule has 5 nitrogen and oxygen atoms in total. The van der Waals surface area contributed by atoms with Gasteiger partial charge in [0, 0.05) is 18.3 Å². The number of carbonyl (C=O) groups excluding carboxylic acids is 1. The zero-order chi connectivity index (χ0) is 23.2. The maximum atomic E-state index is 13.1. The van der Waals surface area contributed by atoms with E-state index < -0.39 is 32.3 Å². The highest BCUT2D eigenvalue weighted by Crippen LogP contribution is 2.38. The summed E-state index contributed by atoms with van der Waals surface area (Å²) < 4.78 is 63.6. The molecule has 2 N–H and O–H groups in total. The molecule has 0 aliphatic rings. The van der Waals surface area contributed by atoms with Crippen LogP contribution in [-0.4, -0.2) is 18.8 Å². The van der Waals surface area contributed by atoms with Gasteiger partial charge in [-0.15, -0.1) is 0 Å². The molecule has 0 fully saturated rings. The average molecular weight is 450 g/mol. The van der Waals surface area contributed by atoms with Crippen LogP contribution in [0.5, 0.6) is 0 Å². The number of ketones is 1. The number of aromatic nitrogens is 1. The van der Waals surface area contributed by atoms with Gasteiger partial charge in [0.1, 0.15) is 4.75 Å². The summed E-state index contributed by atoms with van der Waals surface area (Å²) in [6.07, 6.45) is -4.51. The van der Waals surface area contributed by atoms with Gasteiger partial charge in [-0.3, -0.25) is 4.79 Å². The van der Waals surface area contributed by atoms with Crippen LogP contribution in [0.1, 0.15) is 45.4 Å². The smallest absolute Gasteiger partial charge is 0.343 e. The van der Waals surface area contributed by atoms with Crippen molar-refractivity contribution in [1.29, 1.82) is 0 Å². The topological polar surface area (TPSA) is 82.2 Å². The van der Waals surface area contributed by atoms with Gasteiger partial charge in [-0.1, -0.05) is 42.5 Å². The predicted octanol–water partition coefficient (Wildman–Crippen LogP) is 4.14. The van der Waals surface area contributed by atoms with Crippen LogP contribution in [0.2, 0.25) is 0 Å². The molecule has 1 aromatic heterocycles. The normalized spacial score (nSPS) is 14.3. The van der Waals surface area contributed by atoms with Crippen molar-refractivity contribution in [2.75, 3.05) is 0 Å². The van der Waals surface area contributed by atoms with E-state index in [1.807, 2.05) is 0 Å². The van der Waals surface area contributed by atoms with Crippen LogP contribution in [0.25, 0.3) is 0 Å². The Morgan fingerprint density at radius 2 is 1.52 bits per heavy atom. The van der Waals surface area contributed by atoms with Crippen molar-refractivity contribution in [1.82, 2.24) is 4.57 Å². The van der Waals surface area contributed by atoms with E-state index in [2.05, 4.69) is 0 Å². The largest absolute Gasteiger partial charge is 0.416 e. The molecule has 3 rings (SSSR count). The highest BCUT2D eigenvalue weighted by Gasteiger charge is 2.43. The first-order valence-electron chi connectivity index (χ1n) is 9.25. The molecule has 0 radical (unpaired) electrons. The second-order valence-corrected chi connectivity index (χ2v) is 9.38. The van der Waals surface area contributed by atoms with Crippen LogP contribution in [0.4, 0.5) is 13.2 Å². The number of carbonyl (C=O) groups is 1. The van der Waals surface area contributed by atoms with Crippen LogP contribution in [0.3, 0.4) is 0 Å². The first-order chi connectivity index (χ1) is 14.3. The molecule has 164 valence electrons. The maximum Gasteiger partial charge on any atom is 0.416 e. The van der Waals surface area contributed by atoms with Crippen LogP contribution in [0, 0.1) is 6.92 Å². The minimum absolute atomic E-state index is 0.0564. The van der Waals surface area contributed by atoms with Gasteiger partial charge < -0.3 is 4.57 Å². The molecular formula is C22H21F3N2O3S. The van der Waals surface area contributed by atoms with E-state index in [0.29, 0.717) is 11.1 Å². The predicted molar refractivity (Wildman–Crippen MR) is 111 cm³/mol. The summed E-state index contributed by atoms with van der Waals surface area (Å²) in [5, 5.41) is 5.62. The third kappa shape index (κ3) is 3.90. The number of halogens is 3. The van der Waals surface area contributed by atoms with E-state index >= 15 is 0 Å². The standard InChI is InChI=1S/C22H21F3N2O3S/c1-14-13-18(21(2,31(26,29)30)16-7-5-4-6-8-16)27(3)19(14)20(28)15-9-11-17(12-10-15)22(23,24)25/h4-13H,1-3H3,(H2,26,29,30). The van der Waals surface area contributed by atoms with Crippen molar-refractivity contribution in [3.8, 4) is 0 Å². The maximum absolute atomic E-state index is 13.1. The van der Waals surface area contributed by atoms with E-state index in [9.17, 15) is 26.4 Å². The lowest BCUT2D eigenvalue weighted by molar-refractivity contribution is -0.137. The third-order valence-electron chi connectivity index (χ3n) is 5.50. The number of sulfonamides is 1. The molecule has 0 saturated carbocycles. The summed E-state index contributed by atoms with van der Waals surface area (Å²) in [7, 11) is -2.63. The van der Waals surface area contributed by atoms with Gasteiger partial charge in [-0.2, -0.15) is 13.2 Å². The first kappa shape index (κ1) is 22.8. The fraction of sp³-hybridized carbons (Fsp3) is 0.227. The quantitative estimate of drug-likeness (QED) is 0.594. The molecule has 0 aliphatic carbocycles. The highest BCUT2D eigenvalue weighted by atomic mass is 32.2. The number of primary sulfonamides is 1. The number of hydrogen-bond donors (Lipinski definition) is 1. The molecule has 0 amide bonds. The van der Waals surface area contributed by atoms with Crippen LogP contribution in [-0.2, 0) is 28.0 Å². The van der Waals surface area contributed by atoms with Gasteiger partial charge in [0.25, 0.3) is 0 Å². The lowest BCUT2D eigenvalue weighted by atomic mass is 9.96. The zero-order valence-electron chi connectivity index (χ0n) is 17.1. The molecule has 0 spiro atoms. The molecule has 31 heavy (non-hydrogen) atoms. The Morgan fingerprint density at radius 1 is 0.968 bits per heavy atom. The van der Waals surface area contributed by atoms with Gasteiger partial charge in [0.2, 0.25) is 15.8 Å². The minimum Gasteiger partial charge on any atom is -0.343 e. The Hall–Kier alpha value is -2.91. The van der Waals surface area contributed by atoms with Gasteiger partial charge in [-0.25, -0.2) is 13.6 Å². The number of rotatable bonds is 5. The van der Waals surface area contributed by atoms with Gasteiger partial charge in [0.05, 0.1) is 11.3 Å². The van der Waals surface area contributed by atoms with Crippen molar-refractivity contribution < 1.29 is 26.4 Å². The molecule has 3 aromatic rings. The molecule has 1 heterocycles. The molecule has 0 saturated heterocycles. The summed E-state index contributed by atoms with van der Waals surface area (Å²) in [6.45, 7) is 3.09. The molecule has 0 bridgehead atoms. The number of nitrogens with two attached hydrogens (primary N) is 1. The first-order valence-corrected chi connectivity index (χ1v) is 10.8. The highest BCUT2D eigenvalue weighted by molar-refractivity contribution is 7.90. The number of nitrogens with zero attached hydrogens (tertiary/aromatic N) is 1. The monoisotopic (exact) mass is 450 g/mol. The van der Waals surface area contributed by atoms with Crippen molar-refractivity contribution in [2.24, 2.45) is 12.2 Å². The van der Waals surface area contributed by atoms with Crippen LogP contribution in [0.15, 0.2) is 60.7 Å². The fourth-order valence-corrected chi connectivity index (χ4v) is 4.66. The zero-order valence-corrected chi connectivity index (χ0v) is 17.9. The Balaban J connectivity index is 2.15. The Kier molecular flexibility index (Phi) is 5.62. The summed E-state index contributed by atoms with van der Waals surface area (Å²) >= 11 is 0. The SMILES string of the molecule is Cc1cc(C(C)(c2ccccc2)S(N)(=O)=O)n(C)c1C(=O)c1ccc(C(F)(F)F)cc1. The van der Waals surface area contributed by atoms with Gasteiger partial charge in [0.15, 0.2) is 0 Å². The summed E-state index contributed by atoms with van der Waals surface area (Å²) in [6, 6.07) is 13.8. The van der Waals surface area contributed by atoms with E-state index in [4.69, 9.17) is 5.14 Å². The van der Waals surface area contributed by atoms with E-state index in [1.165, 1.54) is 18.5 Å². The Bertz CT molecular complexity index is 1230. The second kappa shape index (κ2) is 7.65. The Labute approximate surface area is 178 Å². The van der Waals surface area contributed by atoms with Gasteiger partial charge in [-0.05, 0) is 43.2 Å². The summed E-state index contributed by atoms with van der Waals surface area (Å²) in [5.74, 6) is -0.523. The minimum atomic E-state index is -4.51. The lowest BCUT2D eigenvalue weighted by Gasteiger charge is -2.29. The average Bonchev–Trinajstić information content (AvgIpc) is 3.00. The van der Waals surface area contributed by atoms with Crippen molar-refractivity contribution in [3.63, 3.8) is 0 Å². The molecule has 0 aliphatic heterocycles. The molecule has 1 atom stereocenters. The molecular weight excluding hydrogens is 429 g/mol. The van der Waals surface area contributed by atoms with Crippen molar-refractivity contribution in [2.45, 2.75) is 24.8 Å². The fourth-order valence-electron chi connectivity index (χ4n) is 3.71.